The van der Waals surface area contributed by atoms with Crippen LogP contribution in [0.25, 0.3) is 0 Å². The van der Waals surface area contributed by atoms with Crippen LogP contribution < -0.4 is 9.80 Å². The second-order valence-corrected chi connectivity index (χ2v) is 7.17. The molecular weight excluding hydrogens is 369 g/mol. The van der Waals surface area contributed by atoms with E-state index in [2.05, 4.69) is 4.90 Å². The van der Waals surface area contributed by atoms with Crippen molar-refractivity contribution in [3.63, 3.8) is 0 Å². The van der Waals surface area contributed by atoms with Gasteiger partial charge in [0.05, 0.1) is 18.2 Å². The second kappa shape index (κ2) is 7.29. The minimum absolute atomic E-state index is 0.0369. The molecule has 5 nitrogen and oxygen atoms in total. The van der Waals surface area contributed by atoms with Gasteiger partial charge in [-0.05, 0) is 36.4 Å². The Kier molecular flexibility index (Phi) is 4.85. The van der Waals surface area contributed by atoms with E-state index in [1.165, 1.54) is 18.2 Å². The first-order valence-corrected chi connectivity index (χ1v) is 9.28. The molecular formula is C20H19ClFN3O2. The summed E-state index contributed by atoms with van der Waals surface area (Å²) in [4.78, 5) is 30.5. The van der Waals surface area contributed by atoms with E-state index in [0.717, 1.165) is 23.7 Å². The lowest BCUT2D eigenvalue weighted by Crippen LogP contribution is -2.52. The second-order valence-electron chi connectivity index (χ2n) is 6.74. The van der Waals surface area contributed by atoms with Gasteiger partial charge in [-0.15, -0.1) is 0 Å². The molecule has 2 aliphatic heterocycles. The van der Waals surface area contributed by atoms with Gasteiger partial charge in [0.15, 0.2) is 0 Å². The molecule has 0 aromatic heterocycles. The quantitative estimate of drug-likeness (QED) is 0.759. The molecule has 7 heteroatoms. The fourth-order valence-electron chi connectivity index (χ4n) is 3.73. The van der Waals surface area contributed by atoms with Gasteiger partial charge in [0.25, 0.3) is 5.91 Å². The molecule has 2 heterocycles. The molecule has 0 bridgehead atoms. The molecule has 2 fully saturated rings. The Hall–Kier alpha value is -2.44. The lowest BCUT2D eigenvalue weighted by molar-refractivity contribution is -0.123. The van der Waals surface area contributed by atoms with Gasteiger partial charge < -0.3 is 4.90 Å². The number of anilines is 2. The molecule has 1 atom stereocenters. The van der Waals surface area contributed by atoms with Crippen LogP contribution in [0.15, 0.2) is 48.5 Å². The van der Waals surface area contributed by atoms with Crippen LogP contribution in [0.4, 0.5) is 15.8 Å². The largest absolute Gasteiger partial charge is 0.369 e. The highest BCUT2D eigenvalue weighted by molar-refractivity contribution is 6.30. The SMILES string of the molecule is O=C1CC(N2CCN(c3ccc(Cl)cc3)CC2)C(=O)N1c1ccccc1F. The smallest absolute Gasteiger partial charge is 0.251 e. The van der Waals surface area contributed by atoms with Crippen LogP contribution in [-0.4, -0.2) is 48.9 Å². The van der Waals surface area contributed by atoms with Crippen molar-refractivity contribution in [1.82, 2.24) is 4.90 Å². The molecule has 2 aromatic carbocycles. The molecule has 140 valence electrons. The van der Waals surface area contributed by atoms with Gasteiger partial charge in [-0.1, -0.05) is 23.7 Å². The van der Waals surface area contributed by atoms with Crippen LogP contribution in [0, 0.1) is 5.82 Å². The van der Waals surface area contributed by atoms with Crippen molar-refractivity contribution in [3.8, 4) is 0 Å². The van der Waals surface area contributed by atoms with Crippen molar-refractivity contribution in [2.45, 2.75) is 12.5 Å². The van der Waals surface area contributed by atoms with Gasteiger partial charge in [0.1, 0.15) is 5.82 Å². The topological polar surface area (TPSA) is 43.9 Å². The summed E-state index contributed by atoms with van der Waals surface area (Å²) in [6.07, 6.45) is 0.0914. The van der Waals surface area contributed by atoms with Crippen molar-refractivity contribution in [2.75, 3.05) is 36.0 Å². The number of hydrogen-bond acceptors (Lipinski definition) is 4. The third-order valence-corrected chi connectivity index (χ3v) is 5.41. The molecule has 1 unspecified atom stereocenters. The van der Waals surface area contributed by atoms with Gasteiger partial charge in [-0.2, -0.15) is 0 Å². The fraction of sp³-hybridized carbons (Fsp3) is 0.300. The number of piperazine rings is 1. The molecule has 0 radical (unpaired) electrons. The highest BCUT2D eigenvalue weighted by Gasteiger charge is 2.44. The molecule has 0 N–H and O–H groups in total. The van der Waals surface area contributed by atoms with E-state index < -0.39 is 11.9 Å². The van der Waals surface area contributed by atoms with Crippen LogP contribution in [0.2, 0.25) is 5.02 Å². The van der Waals surface area contributed by atoms with E-state index in [1.807, 2.05) is 29.2 Å². The third kappa shape index (κ3) is 3.42. The van der Waals surface area contributed by atoms with Crippen LogP contribution in [0.5, 0.6) is 0 Å². The Bertz CT molecular complexity index is 866. The average Bonchev–Trinajstić information content (AvgIpc) is 2.97. The van der Waals surface area contributed by atoms with E-state index in [9.17, 15) is 14.0 Å². The highest BCUT2D eigenvalue weighted by atomic mass is 35.5. The van der Waals surface area contributed by atoms with E-state index in [1.54, 1.807) is 6.07 Å². The summed E-state index contributed by atoms with van der Waals surface area (Å²) in [5, 5.41) is 0.695. The number of halogens is 2. The molecule has 2 saturated heterocycles. The maximum atomic E-state index is 14.0. The molecule has 27 heavy (non-hydrogen) atoms. The minimum Gasteiger partial charge on any atom is -0.369 e. The van der Waals surface area contributed by atoms with Crippen LogP contribution in [-0.2, 0) is 9.59 Å². The summed E-state index contributed by atoms with van der Waals surface area (Å²) in [7, 11) is 0. The predicted molar refractivity (Wildman–Crippen MR) is 103 cm³/mol. The van der Waals surface area contributed by atoms with Crippen LogP contribution in [0.1, 0.15) is 6.42 Å². The number of hydrogen-bond donors (Lipinski definition) is 0. The molecule has 0 aliphatic carbocycles. The zero-order valence-electron chi connectivity index (χ0n) is 14.6. The monoisotopic (exact) mass is 387 g/mol. The van der Waals surface area contributed by atoms with Crippen molar-refractivity contribution in [2.24, 2.45) is 0 Å². The van der Waals surface area contributed by atoms with Gasteiger partial charge in [0, 0.05) is 36.9 Å². The summed E-state index contributed by atoms with van der Waals surface area (Å²) < 4.78 is 14.0. The lowest BCUT2D eigenvalue weighted by Gasteiger charge is -2.38. The number of carbonyl (C=O) groups is 2. The van der Waals surface area contributed by atoms with E-state index >= 15 is 0 Å². The molecule has 2 amide bonds. The number of imide groups is 1. The first kappa shape index (κ1) is 17.9. The van der Waals surface area contributed by atoms with Crippen LogP contribution >= 0.6 is 11.6 Å². The van der Waals surface area contributed by atoms with E-state index in [0.29, 0.717) is 18.1 Å². The van der Waals surface area contributed by atoms with Crippen molar-refractivity contribution < 1.29 is 14.0 Å². The Labute approximate surface area is 161 Å². The number of benzene rings is 2. The zero-order chi connectivity index (χ0) is 19.0. The first-order chi connectivity index (χ1) is 13.0. The summed E-state index contributed by atoms with van der Waals surface area (Å²) in [6.45, 7) is 2.83. The molecule has 4 rings (SSSR count). The normalized spacial score (nSPS) is 21.2. The maximum absolute atomic E-state index is 14.0. The Balaban J connectivity index is 1.45. The number of carbonyl (C=O) groups excluding carboxylic acids is 2. The molecule has 0 saturated carbocycles. The molecule has 2 aliphatic rings. The van der Waals surface area contributed by atoms with Crippen molar-refractivity contribution >= 4 is 34.8 Å². The molecule has 2 aromatic rings. The summed E-state index contributed by atoms with van der Waals surface area (Å²) in [5.41, 5.74) is 1.12. The number of amides is 2. The first-order valence-electron chi connectivity index (χ1n) is 8.90. The Morgan fingerprint density at radius 2 is 1.59 bits per heavy atom. The van der Waals surface area contributed by atoms with E-state index in [-0.39, 0.29) is 23.9 Å². The highest BCUT2D eigenvalue weighted by Crippen LogP contribution is 2.29. The minimum atomic E-state index is -0.563. The average molecular weight is 388 g/mol. The van der Waals surface area contributed by atoms with Gasteiger partial charge in [-0.3, -0.25) is 14.5 Å². The Morgan fingerprint density at radius 3 is 2.26 bits per heavy atom. The zero-order valence-corrected chi connectivity index (χ0v) is 15.4. The summed E-state index contributed by atoms with van der Waals surface area (Å²) in [6, 6.07) is 13.0. The summed E-state index contributed by atoms with van der Waals surface area (Å²) in [5.74, 6) is -1.26. The standard InChI is InChI=1S/C20H19ClFN3O2/c21-14-5-7-15(8-6-14)23-9-11-24(12-10-23)18-13-19(26)25(20(18)27)17-4-2-1-3-16(17)22/h1-8,18H,9-13H2. The number of para-hydroxylation sites is 1. The van der Waals surface area contributed by atoms with Gasteiger partial charge in [0.2, 0.25) is 5.91 Å². The lowest BCUT2D eigenvalue weighted by atomic mass is 10.1. The molecule has 0 spiro atoms. The van der Waals surface area contributed by atoms with Gasteiger partial charge in [-0.25, -0.2) is 9.29 Å². The maximum Gasteiger partial charge on any atom is 0.251 e. The van der Waals surface area contributed by atoms with Crippen LogP contribution in [0.3, 0.4) is 0 Å². The van der Waals surface area contributed by atoms with E-state index in [4.69, 9.17) is 11.6 Å². The fourth-order valence-corrected chi connectivity index (χ4v) is 3.86. The van der Waals surface area contributed by atoms with Crippen molar-refractivity contribution in [1.29, 1.82) is 0 Å². The number of nitrogens with zero attached hydrogens (tertiary/aromatic N) is 3. The van der Waals surface area contributed by atoms with Crippen molar-refractivity contribution in [3.05, 3.63) is 59.4 Å². The Morgan fingerprint density at radius 1 is 0.926 bits per heavy atom. The number of rotatable bonds is 3. The van der Waals surface area contributed by atoms with Gasteiger partial charge >= 0.3 is 0 Å². The summed E-state index contributed by atoms with van der Waals surface area (Å²) >= 11 is 5.94. The predicted octanol–water partition coefficient (Wildman–Crippen LogP) is 2.93. The third-order valence-electron chi connectivity index (χ3n) is 5.16.